The van der Waals surface area contributed by atoms with E-state index in [1.165, 1.54) is 22.7 Å². The van der Waals surface area contributed by atoms with Crippen LogP contribution in [0.15, 0.2) is 65.7 Å². The van der Waals surface area contributed by atoms with E-state index in [0.29, 0.717) is 31.8 Å². The average molecular weight is 518 g/mol. The summed E-state index contributed by atoms with van der Waals surface area (Å²) in [5, 5.41) is 5.14. The van der Waals surface area contributed by atoms with Crippen LogP contribution in [0.1, 0.15) is 29.8 Å². The van der Waals surface area contributed by atoms with Crippen LogP contribution in [0.3, 0.4) is 0 Å². The van der Waals surface area contributed by atoms with Gasteiger partial charge in [-0.25, -0.2) is 31.9 Å². The van der Waals surface area contributed by atoms with Crippen molar-refractivity contribution in [3.63, 3.8) is 0 Å². The summed E-state index contributed by atoms with van der Waals surface area (Å²) in [4.78, 5) is 9.15. The van der Waals surface area contributed by atoms with Gasteiger partial charge in [-0.3, -0.25) is 0 Å². The summed E-state index contributed by atoms with van der Waals surface area (Å²) < 4.78 is 48.5. The third-order valence-corrected chi connectivity index (χ3v) is 7.66. The van der Waals surface area contributed by atoms with Gasteiger partial charge in [-0.15, -0.1) is 0 Å². The number of rotatable bonds is 12. The predicted octanol–water partition coefficient (Wildman–Crippen LogP) is 2.08. The molecule has 0 unspecified atom stereocenters. The van der Waals surface area contributed by atoms with E-state index in [4.69, 9.17) is 10.9 Å². The number of sulfonamides is 2. The van der Waals surface area contributed by atoms with Crippen molar-refractivity contribution in [2.24, 2.45) is 10.9 Å². The largest absolute Gasteiger partial charge is 0.330 e. The monoisotopic (exact) mass is 517 g/mol. The SMILES string of the molecule is CS(=O)(=O)N(CCCN)Cc1cccc(-c2ccnc(CCCc3ccc(S(N)(=O)=O)cc3)n2)c1. The molecule has 0 aliphatic carbocycles. The molecular weight excluding hydrogens is 486 g/mol. The van der Waals surface area contributed by atoms with Crippen molar-refractivity contribution in [3.05, 3.63) is 77.7 Å². The average Bonchev–Trinajstić information content (AvgIpc) is 2.81. The van der Waals surface area contributed by atoms with Gasteiger partial charge in [0.15, 0.2) is 0 Å². The zero-order valence-corrected chi connectivity index (χ0v) is 21.3. The molecule has 0 fully saturated rings. The summed E-state index contributed by atoms with van der Waals surface area (Å²) in [7, 11) is -7.04. The molecule has 11 heteroatoms. The van der Waals surface area contributed by atoms with Gasteiger partial charge in [-0.05, 0) is 61.2 Å². The molecule has 0 radical (unpaired) electrons. The highest BCUT2D eigenvalue weighted by atomic mass is 32.2. The molecule has 0 bridgehead atoms. The number of nitrogens with two attached hydrogens (primary N) is 2. The second-order valence-electron chi connectivity index (χ2n) is 8.34. The maximum atomic E-state index is 12.1. The number of primary sulfonamides is 1. The van der Waals surface area contributed by atoms with Gasteiger partial charge in [0.05, 0.1) is 16.8 Å². The number of hydrogen-bond donors (Lipinski definition) is 2. The lowest BCUT2D eigenvalue weighted by molar-refractivity contribution is 0.405. The third-order valence-electron chi connectivity index (χ3n) is 5.49. The lowest BCUT2D eigenvalue weighted by Crippen LogP contribution is -2.31. The standard InChI is InChI=1S/C24H31N5O4S2/c1-34(30,31)29(16-4-14-25)18-20-6-2-7-21(17-20)23-13-15-27-24(28-23)8-3-5-19-9-11-22(12-10-19)35(26,32)33/h2,6-7,9-13,15,17H,3-5,8,14,16,18,25H2,1H3,(H2,26,32,33). The Morgan fingerprint density at radius 3 is 2.31 bits per heavy atom. The fraction of sp³-hybridized carbons (Fsp3) is 0.333. The smallest absolute Gasteiger partial charge is 0.238 e. The second kappa shape index (κ2) is 11.8. The van der Waals surface area contributed by atoms with Gasteiger partial charge >= 0.3 is 0 Å². The van der Waals surface area contributed by atoms with Crippen molar-refractivity contribution in [1.29, 1.82) is 0 Å². The minimum Gasteiger partial charge on any atom is -0.330 e. The molecule has 0 saturated carbocycles. The molecule has 4 N–H and O–H groups in total. The Labute approximate surface area is 207 Å². The van der Waals surface area contributed by atoms with Gasteiger partial charge in [-0.1, -0.05) is 30.3 Å². The van der Waals surface area contributed by atoms with Crippen LogP contribution in [0.2, 0.25) is 0 Å². The molecule has 3 rings (SSSR count). The van der Waals surface area contributed by atoms with Crippen molar-refractivity contribution in [3.8, 4) is 11.3 Å². The van der Waals surface area contributed by atoms with Gasteiger partial charge in [0.25, 0.3) is 0 Å². The van der Waals surface area contributed by atoms with Crippen LogP contribution < -0.4 is 10.9 Å². The lowest BCUT2D eigenvalue weighted by Gasteiger charge is -2.20. The minimum absolute atomic E-state index is 0.0959. The zero-order chi connectivity index (χ0) is 25.5. The molecule has 9 nitrogen and oxygen atoms in total. The van der Waals surface area contributed by atoms with Crippen molar-refractivity contribution in [2.45, 2.75) is 37.1 Å². The van der Waals surface area contributed by atoms with Crippen LogP contribution in [-0.2, 0) is 39.4 Å². The molecular formula is C24H31N5O4S2. The molecule has 188 valence electrons. The Bertz CT molecular complexity index is 1340. The summed E-state index contributed by atoms with van der Waals surface area (Å²) in [5.41, 5.74) is 9.08. The quantitative estimate of drug-likeness (QED) is 0.373. The van der Waals surface area contributed by atoms with Gasteiger partial charge in [-0.2, -0.15) is 4.31 Å². The molecule has 0 aliphatic heterocycles. The van der Waals surface area contributed by atoms with E-state index in [1.807, 2.05) is 30.3 Å². The molecule has 0 aliphatic rings. The first-order chi connectivity index (χ1) is 16.6. The lowest BCUT2D eigenvalue weighted by atomic mass is 10.1. The number of benzene rings is 2. The summed E-state index contributed by atoms with van der Waals surface area (Å²) in [5.74, 6) is 0.703. The first kappa shape index (κ1) is 26.9. The van der Waals surface area contributed by atoms with Crippen LogP contribution in [0, 0.1) is 0 Å². The normalized spacial score (nSPS) is 12.2. The Hall–Kier alpha value is -2.70. The number of aryl methyl sites for hydroxylation is 2. The Morgan fingerprint density at radius 2 is 1.66 bits per heavy atom. The van der Waals surface area contributed by atoms with Gasteiger partial charge in [0.2, 0.25) is 20.0 Å². The number of aromatic nitrogens is 2. The maximum absolute atomic E-state index is 12.1. The summed E-state index contributed by atoms with van der Waals surface area (Å²) in [6, 6.07) is 16.0. The zero-order valence-electron chi connectivity index (χ0n) is 19.7. The molecule has 0 spiro atoms. The molecule has 0 saturated heterocycles. The van der Waals surface area contributed by atoms with Crippen LogP contribution in [0.25, 0.3) is 11.3 Å². The van der Waals surface area contributed by atoms with E-state index in [0.717, 1.165) is 35.2 Å². The van der Waals surface area contributed by atoms with E-state index in [1.54, 1.807) is 18.3 Å². The van der Waals surface area contributed by atoms with E-state index in [-0.39, 0.29) is 11.4 Å². The molecule has 3 aromatic rings. The third kappa shape index (κ3) is 8.18. The first-order valence-electron chi connectivity index (χ1n) is 11.2. The Kier molecular flexibility index (Phi) is 9.09. The summed E-state index contributed by atoms with van der Waals surface area (Å²) in [6.07, 6.45) is 5.72. The summed E-state index contributed by atoms with van der Waals surface area (Å²) >= 11 is 0. The van der Waals surface area contributed by atoms with Crippen LogP contribution in [0.4, 0.5) is 0 Å². The van der Waals surface area contributed by atoms with Crippen molar-refractivity contribution >= 4 is 20.0 Å². The van der Waals surface area contributed by atoms with Gasteiger partial charge < -0.3 is 5.73 Å². The van der Waals surface area contributed by atoms with E-state index in [2.05, 4.69) is 9.97 Å². The highest BCUT2D eigenvalue weighted by molar-refractivity contribution is 7.89. The predicted molar refractivity (Wildman–Crippen MR) is 136 cm³/mol. The molecule has 0 amide bonds. The fourth-order valence-corrected chi connectivity index (χ4v) is 5.00. The van der Waals surface area contributed by atoms with Crippen molar-refractivity contribution in [1.82, 2.24) is 14.3 Å². The minimum atomic E-state index is -3.69. The van der Waals surface area contributed by atoms with Gasteiger partial charge in [0, 0.05) is 31.3 Å². The Balaban J connectivity index is 1.66. The molecule has 1 heterocycles. The van der Waals surface area contributed by atoms with E-state index >= 15 is 0 Å². The topological polar surface area (TPSA) is 149 Å². The van der Waals surface area contributed by atoms with E-state index in [9.17, 15) is 16.8 Å². The highest BCUT2D eigenvalue weighted by Crippen LogP contribution is 2.20. The molecule has 1 aromatic heterocycles. The molecule has 0 atom stereocenters. The number of nitrogens with zero attached hydrogens (tertiary/aromatic N) is 3. The Morgan fingerprint density at radius 1 is 0.914 bits per heavy atom. The number of hydrogen-bond acceptors (Lipinski definition) is 7. The van der Waals surface area contributed by atoms with Crippen LogP contribution in [-0.4, -0.2) is 50.5 Å². The summed E-state index contributed by atoms with van der Waals surface area (Å²) in [6.45, 7) is 1.08. The van der Waals surface area contributed by atoms with Crippen LogP contribution >= 0.6 is 0 Å². The highest BCUT2D eigenvalue weighted by Gasteiger charge is 2.17. The van der Waals surface area contributed by atoms with Crippen molar-refractivity contribution in [2.75, 3.05) is 19.3 Å². The first-order valence-corrected chi connectivity index (χ1v) is 14.6. The second-order valence-corrected chi connectivity index (χ2v) is 11.9. The molecule has 35 heavy (non-hydrogen) atoms. The van der Waals surface area contributed by atoms with Crippen molar-refractivity contribution < 1.29 is 16.8 Å². The van der Waals surface area contributed by atoms with Gasteiger partial charge in [0.1, 0.15) is 5.82 Å². The molecule has 2 aromatic carbocycles. The van der Waals surface area contributed by atoms with Crippen LogP contribution in [0.5, 0.6) is 0 Å². The maximum Gasteiger partial charge on any atom is 0.238 e. The van der Waals surface area contributed by atoms with E-state index < -0.39 is 20.0 Å². The fourth-order valence-electron chi connectivity index (χ4n) is 3.64.